The zero-order valence-corrected chi connectivity index (χ0v) is 11.3. The average Bonchev–Trinajstić information content (AvgIpc) is 3.13. The van der Waals surface area contributed by atoms with Gasteiger partial charge < -0.3 is 9.64 Å². The van der Waals surface area contributed by atoms with Crippen molar-refractivity contribution in [3.63, 3.8) is 0 Å². The standard InChI is InChI=1S/C13H25N3O/c1-4-15-13(10-14,12-6-7-12)11-16(3)8-9-17-5-2/h12,15H,4-9,11H2,1-3H3. The van der Waals surface area contributed by atoms with Gasteiger partial charge in [0.05, 0.1) is 12.7 Å². The molecule has 0 saturated heterocycles. The van der Waals surface area contributed by atoms with Gasteiger partial charge in [0.2, 0.25) is 0 Å². The fourth-order valence-corrected chi connectivity index (χ4v) is 2.26. The van der Waals surface area contributed by atoms with Crippen LogP contribution in [0.4, 0.5) is 0 Å². The molecule has 17 heavy (non-hydrogen) atoms. The number of nitrogens with zero attached hydrogens (tertiary/aromatic N) is 2. The Morgan fingerprint density at radius 2 is 2.18 bits per heavy atom. The summed E-state index contributed by atoms with van der Waals surface area (Å²) in [7, 11) is 2.06. The minimum atomic E-state index is -0.351. The second-order valence-corrected chi connectivity index (χ2v) is 4.82. The maximum atomic E-state index is 9.47. The van der Waals surface area contributed by atoms with E-state index in [1.807, 2.05) is 6.92 Å². The monoisotopic (exact) mass is 239 g/mol. The topological polar surface area (TPSA) is 48.3 Å². The maximum Gasteiger partial charge on any atom is 0.122 e. The number of rotatable bonds is 9. The summed E-state index contributed by atoms with van der Waals surface area (Å²) in [6.07, 6.45) is 2.36. The van der Waals surface area contributed by atoms with Crippen molar-refractivity contribution in [2.45, 2.75) is 32.2 Å². The molecule has 0 aromatic carbocycles. The van der Waals surface area contributed by atoms with E-state index < -0.39 is 0 Å². The molecule has 0 bridgehead atoms. The first-order valence-corrected chi connectivity index (χ1v) is 6.61. The summed E-state index contributed by atoms with van der Waals surface area (Å²) in [5.74, 6) is 0.530. The van der Waals surface area contributed by atoms with E-state index in [0.717, 1.165) is 32.8 Å². The summed E-state index contributed by atoms with van der Waals surface area (Å²) in [5.41, 5.74) is -0.351. The molecular weight excluding hydrogens is 214 g/mol. The van der Waals surface area contributed by atoms with Crippen molar-refractivity contribution in [3.05, 3.63) is 0 Å². The van der Waals surface area contributed by atoms with Gasteiger partial charge in [0.1, 0.15) is 5.54 Å². The summed E-state index contributed by atoms with van der Waals surface area (Å²) in [6.45, 7) is 8.09. The zero-order valence-electron chi connectivity index (χ0n) is 11.3. The van der Waals surface area contributed by atoms with E-state index in [-0.39, 0.29) is 5.54 Å². The smallest absolute Gasteiger partial charge is 0.122 e. The molecule has 0 radical (unpaired) electrons. The van der Waals surface area contributed by atoms with Crippen LogP contribution in [0.5, 0.6) is 0 Å². The summed E-state index contributed by atoms with van der Waals surface area (Å²) in [4.78, 5) is 2.19. The van der Waals surface area contributed by atoms with Crippen LogP contribution in [0.1, 0.15) is 26.7 Å². The van der Waals surface area contributed by atoms with Gasteiger partial charge in [-0.25, -0.2) is 0 Å². The van der Waals surface area contributed by atoms with Crippen LogP contribution < -0.4 is 5.32 Å². The van der Waals surface area contributed by atoms with Crippen LogP contribution in [0, 0.1) is 17.2 Å². The Morgan fingerprint density at radius 3 is 2.65 bits per heavy atom. The van der Waals surface area contributed by atoms with E-state index in [1.165, 1.54) is 12.8 Å². The predicted molar refractivity (Wildman–Crippen MR) is 68.7 cm³/mol. The summed E-state index contributed by atoms with van der Waals surface area (Å²) < 4.78 is 5.34. The van der Waals surface area contributed by atoms with Gasteiger partial charge in [-0.2, -0.15) is 5.26 Å². The van der Waals surface area contributed by atoms with Gasteiger partial charge in [-0.3, -0.25) is 5.32 Å². The molecule has 1 rings (SSSR count). The van der Waals surface area contributed by atoms with Crippen LogP contribution in [0.15, 0.2) is 0 Å². The molecular formula is C13H25N3O. The van der Waals surface area contributed by atoms with Gasteiger partial charge in [0.25, 0.3) is 0 Å². The molecule has 4 heteroatoms. The van der Waals surface area contributed by atoms with E-state index in [2.05, 4.69) is 30.3 Å². The van der Waals surface area contributed by atoms with E-state index in [9.17, 15) is 5.26 Å². The maximum absolute atomic E-state index is 9.47. The van der Waals surface area contributed by atoms with Crippen LogP contribution in [-0.4, -0.2) is 50.3 Å². The van der Waals surface area contributed by atoms with Crippen LogP contribution in [0.25, 0.3) is 0 Å². The van der Waals surface area contributed by atoms with Crippen LogP contribution in [-0.2, 0) is 4.74 Å². The van der Waals surface area contributed by atoms with Gasteiger partial charge in [-0.15, -0.1) is 0 Å². The first-order chi connectivity index (χ1) is 8.18. The molecule has 4 nitrogen and oxygen atoms in total. The Hall–Kier alpha value is -0.630. The van der Waals surface area contributed by atoms with E-state index in [0.29, 0.717) is 5.92 Å². The van der Waals surface area contributed by atoms with Crippen molar-refractivity contribution < 1.29 is 4.74 Å². The second-order valence-electron chi connectivity index (χ2n) is 4.82. The minimum Gasteiger partial charge on any atom is -0.380 e. The largest absolute Gasteiger partial charge is 0.380 e. The van der Waals surface area contributed by atoms with Gasteiger partial charge in [0.15, 0.2) is 0 Å². The van der Waals surface area contributed by atoms with Gasteiger partial charge in [-0.1, -0.05) is 6.92 Å². The highest BCUT2D eigenvalue weighted by molar-refractivity contribution is 5.16. The third-order valence-corrected chi connectivity index (χ3v) is 3.31. The molecule has 0 aliphatic heterocycles. The Labute approximate surface area is 105 Å². The highest BCUT2D eigenvalue weighted by atomic mass is 16.5. The first kappa shape index (κ1) is 14.4. The number of hydrogen-bond acceptors (Lipinski definition) is 4. The molecule has 1 saturated carbocycles. The van der Waals surface area contributed by atoms with E-state index >= 15 is 0 Å². The van der Waals surface area contributed by atoms with Gasteiger partial charge in [-0.05, 0) is 39.3 Å². The van der Waals surface area contributed by atoms with Gasteiger partial charge in [0, 0.05) is 19.7 Å². The lowest BCUT2D eigenvalue weighted by Crippen LogP contribution is -2.54. The Morgan fingerprint density at radius 1 is 1.47 bits per heavy atom. The number of likely N-dealkylation sites (N-methyl/N-ethyl adjacent to an activating group) is 2. The molecule has 0 aromatic heterocycles. The molecule has 1 unspecified atom stereocenters. The molecule has 0 amide bonds. The summed E-state index contributed by atoms with van der Waals surface area (Å²) >= 11 is 0. The normalized spacial score (nSPS) is 19.0. The second kappa shape index (κ2) is 6.95. The SMILES string of the molecule is CCNC(C#N)(CN(C)CCOCC)C1CC1. The predicted octanol–water partition coefficient (Wildman–Crippen LogP) is 1.24. The molecule has 1 aliphatic rings. The van der Waals surface area contributed by atoms with E-state index in [4.69, 9.17) is 4.74 Å². The highest BCUT2D eigenvalue weighted by Crippen LogP contribution is 2.39. The van der Waals surface area contributed by atoms with Crippen LogP contribution >= 0.6 is 0 Å². The van der Waals surface area contributed by atoms with Crippen LogP contribution in [0.2, 0.25) is 0 Å². The number of hydrogen-bond donors (Lipinski definition) is 1. The lowest BCUT2D eigenvalue weighted by Gasteiger charge is -2.32. The fourth-order valence-electron chi connectivity index (χ4n) is 2.26. The molecule has 0 aromatic rings. The quantitative estimate of drug-likeness (QED) is 0.615. The van der Waals surface area contributed by atoms with Crippen LogP contribution in [0.3, 0.4) is 0 Å². The average molecular weight is 239 g/mol. The lowest BCUT2D eigenvalue weighted by atomic mass is 9.94. The third-order valence-electron chi connectivity index (χ3n) is 3.31. The van der Waals surface area contributed by atoms with Crippen molar-refractivity contribution in [1.82, 2.24) is 10.2 Å². The Bertz CT molecular complexity index is 260. The highest BCUT2D eigenvalue weighted by Gasteiger charge is 2.45. The van der Waals surface area contributed by atoms with Crippen molar-refractivity contribution >= 4 is 0 Å². The first-order valence-electron chi connectivity index (χ1n) is 6.61. The minimum absolute atomic E-state index is 0.351. The molecule has 1 fully saturated rings. The molecule has 1 atom stereocenters. The third kappa shape index (κ3) is 4.27. The Balaban J connectivity index is 2.45. The number of nitriles is 1. The van der Waals surface area contributed by atoms with Gasteiger partial charge >= 0.3 is 0 Å². The van der Waals surface area contributed by atoms with E-state index in [1.54, 1.807) is 0 Å². The molecule has 1 N–H and O–H groups in total. The Kier molecular flexibility index (Phi) is 5.90. The molecule has 0 heterocycles. The molecule has 1 aliphatic carbocycles. The fraction of sp³-hybridized carbons (Fsp3) is 0.923. The number of nitrogens with one attached hydrogen (secondary N) is 1. The zero-order chi connectivity index (χ0) is 12.7. The molecule has 0 spiro atoms. The van der Waals surface area contributed by atoms with Crippen molar-refractivity contribution in [3.8, 4) is 6.07 Å². The van der Waals surface area contributed by atoms with Crippen molar-refractivity contribution in [1.29, 1.82) is 5.26 Å². The van der Waals surface area contributed by atoms with Crippen molar-refractivity contribution in [2.24, 2.45) is 5.92 Å². The summed E-state index contributed by atoms with van der Waals surface area (Å²) in [5, 5.41) is 12.9. The molecule has 98 valence electrons. The number of ether oxygens (including phenoxy) is 1. The van der Waals surface area contributed by atoms with Crippen molar-refractivity contribution in [2.75, 3.05) is 39.9 Å². The summed E-state index contributed by atoms with van der Waals surface area (Å²) in [6, 6.07) is 2.51. The lowest BCUT2D eigenvalue weighted by molar-refractivity contribution is 0.112.